The number of nitrogens with zero attached hydrogens (tertiary/aromatic N) is 3. The lowest BCUT2D eigenvalue weighted by Crippen LogP contribution is -2.50. The van der Waals surface area contributed by atoms with Crippen LogP contribution in [-0.2, 0) is 0 Å². The molecule has 0 radical (unpaired) electrons. The molecule has 2 fully saturated rings. The van der Waals surface area contributed by atoms with Gasteiger partial charge < -0.3 is 10.2 Å². The van der Waals surface area contributed by atoms with Gasteiger partial charge in [0.15, 0.2) is 5.16 Å². The minimum atomic E-state index is 0.854. The van der Waals surface area contributed by atoms with E-state index in [0.29, 0.717) is 0 Å². The Bertz CT molecular complexity index is 381. The summed E-state index contributed by atoms with van der Waals surface area (Å²) in [6.45, 7) is 4.90. The van der Waals surface area contributed by atoms with Crippen molar-refractivity contribution in [2.45, 2.75) is 43.3 Å². The zero-order valence-corrected chi connectivity index (χ0v) is 12.9. The van der Waals surface area contributed by atoms with Crippen LogP contribution in [0.25, 0.3) is 0 Å². The molecule has 1 aromatic rings. The van der Waals surface area contributed by atoms with E-state index in [4.69, 9.17) is 0 Å². The maximum atomic E-state index is 4.12. The normalized spacial score (nSPS) is 27.4. The largest absolute Gasteiger partial charge is 0.316 e. The lowest BCUT2D eigenvalue weighted by molar-refractivity contribution is 0.0597. The highest BCUT2D eigenvalue weighted by atomic mass is 32.2. The number of aromatic amines is 1. The summed E-state index contributed by atoms with van der Waals surface area (Å²) in [5.41, 5.74) is 0. The van der Waals surface area contributed by atoms with E-state index in [2.05, 4.69) is 25.4 Å². The van der Waals surface area contributed by atoms with E-state index in [-0.39, 0.29) is 0 Å². The van der Waals surface area contributed by atoms with Gasteiger partial charge >= 0.3 is 0 Å². The van der Waals surface area contributed by atoms with Gasteiger partial charge in [0.1, 0.15) is 6.33 Å². The summed E-state index contributed by atoms with van der Waals surface area (Å²) in [6, 6.07) is 0.854. The summed E-state index contributed by atoms with van der Waals surface area (Å²) in [5, 5.41) is 11.3. The number of hydrogen-bond acceptors (Lipinski definition) is 5. The average Bonchev–Trinajstić information content (AvgIpc) is 3.00. The van der Waals surface area contributed by atoms with Crippen molar-refractivity contribution in [3.05, 3.63) is 6.33 Å². The first-order valence-corrected chi connectivity index (χ1v) is 8.85. The fourth-order valence-corrected chi connectivity index (χ4v) is 4.27. The highest BCUT2D eigenvalue weighted by Gasteiger charge is 2.32. The molecule has 0 unspecified atom stereocenters. The lowest BCUT2D eigenvalue weighted by atomic mass is 9.83. The first-order valence-electron chi connectivity index (χ1n) is 7.86. The molecule has 5 nitrogen and oxygen atoms in total. The van der Waals surface area contributed by atoms with E-state index >= 15 is 0 Å². The maximum Gasteiger partial charge on any atom is 0.183 e. The van der Waals surface area contributed by atoms with Gasteiger partial charge in [0, 0.05) is 18.3 Å². The number of piperidine rings is 2. The Hall–Kier alpha value is -0.590. The van der Waals surface area contributed by atoms with E-state index in [9.17, 15) is 0 Å². The molecule has 0 aliphatic carbocycles. The van der Waals surface area contributed by atoms with Crippen LogP contribution in [0.4, 0.5) is 0 Å². The highest BCUT2D eigenvalue weighted by molar-refractivity contribution is 7.99. The molecule has 0 saturated carbocycles. The number of thioether (sulfide) groups is 1. The summed E-state index contributed by atoms with van der Waals surface area (Å²) in [7, 11) is 0. The van der Waals surface area contributed by atoms with Crippen LogP contribution in [0.2, 0.25) is 0 Å². The van der Waals surface area contributed by atoms with Crippen LogP contribution >= 0.6 is 11.8 Å². The van der Waals surface area contributed by atoms with Crippen LogP contribution in [0.3, 0.4) is 0 Å². The van der Waals surface area contributed by atoms with Gasteiger partial charge in [-0.15, -0.1) is 0 Å². The predicted octanol–water partition coefficient (Wildman–Crippen LogP) is 1.75. The molecule has 0 aromatic carbocycles. The second-order valence-corrected chi connectivity index (χ2v) is 6.93. The monoisotopic (exact) mass is 295 g/mol. The zero-order chi connectivity index (χ0) is 13.6. The molecular weight excluding hydrogens is 270 g/mol. The zero-order valence-electron chi connectivity index (χ0n) is 12.1. The quantitative estimate of drug-likeness (QED) is 0.618. The fraction of sp³-hybridized carbons (Fsp3) is 0.857. The number of H-pyrrole nitrogens is 1. The van der Waals surface area contributed by atoms with Gasteiger partial charge in [0.2, 0.25) is 0 Å². The lowest BCUT2D eigenvalue weighted by Gasteiger charge is -2.44. The molecule has 3 rings (SSSR count). The van der Waals surface area contributed by atoms with E-state index in [0.717, 1.165) is 29.4 Å². The van der Waals surface area contributed by atoms with Gasteiger partial charge in [-0.1, -0.05) is 18.2 Å². The van der Waals surface area contributed by atoms with Crippen molar-refractivity contribution in [1.29, 1.82) is 0 Å². The third kappa shape index (κ3) is 3.74. The molecular formula is C14H25N5S. The first-order chi connectivity index (χ1) is 9.93. The summed E-state index contributed by atoms with van der Waals surface area (Å²) in [5.74, 6) is 1.91. The molecule has 2 atom stereocenters. The topological polar surface area (TPSA) is 56.8 Å². The molecule has 2 aliphatic heterocycles. The molecule has 2 aliphatic rings. The van der Waals surface area contributed by atoms with Gasteiger partial charge in [0.25, 0.3) is 0 Å². The summed E-state index contributed by atoms with van der Waals surface area (Å²) in [6.07, 6.45) is 8.61. The van der Waals surface area contributed by atoms with E-state index in [1.54, 1.807) is 18.1 Å². The Balaban J connectivity index is 1.35. The van der Waals surface area contributed by atoms with Crippen molar-refractivity contribution < 1.29 is 0 Å². The molecule has 1 aromatic heterocycles. The first kappa shape index (κ1) is 14.4. The Morgan fingerprint density at radius 3 is 3.15 bits per heavy atom. The van der Waals surface area contributed by atoms with E-state index in [1.165, 1.54) is 51.7 Å². The molecule has 0 amide bonds. The number of fused-ring (bicyclic) bond motifs is 1. The SMILES string of the molecule is c1n[nH]c(SCCNC[C@@H]2CCCN3CCCC[C@H]23)n1. The molecule has 112 valence electrons. The number of hydrogen-bond donors (Lipinski definition) is 2. The Labute approximate surface area is 125 Å². The maximum absolute atomic E-state index is 4.12. The van der Waals surface area contributed by atoms with Crippen molar-refractivity contribution in [1.82, 2.24) is 25.4 Å². The summed E-state index contributed by atoms with van der Waals surface area (Å²) < 4.78 is 0. The van der Waals surface area contributed by atoms with Gasteiger partial charge in [-0.2, -0.15) is 5.10 Å². The smallest absolute Gasteiger partial charge is 0.183 e. The van der Waals surface area contributed by atoms with Gasteiger partial charge in [-0.25, -0.2) is 4.98 Å². The third-order valence-electron chi connectivity index (χ3n) is 4.55. The molecule has 0 spiro atoms. The van der Waals surface area contributed by atoms with Gasteiger partial charge in [0.05, 0.1) is 0 Å². The van der Waals surface area contributed by atoms with Crippen molar-refractivity contribution >= 4 is 11.8 Å². The summed E-state index contributed by atoms with van der Waals surface area (Å²) >= 11 is 1.73. The van der Waals surface area contributed by atoms with Crippen molar-refractivity contribution in [2.75, 3.05) is 31.9 Å². The third-order valence-corrected chi connectivity index (χ3v) is 5.42. The molecule has 2 N–H and O–H groups in total. The van der Waals surface area contributed by atoms with Crippen LogP contribution in [0, 0.1) is 5.92 Å². The van der Waals surface area contributed by atoms with E-state index in [1.807, 2.05) is 0 Å². The van der Waals surface area contributed by atoms with Gasteiger partial charge in [-0.05, 0) is 51.2 Å². The second-order valence-electron chi connectivity index (χ2n) is 5.84. The molecule has 20 heavy (non-hydrogen) atoms. The fourth-order valence-electron chi connectivity index (χ4n) is 3.59. The Morgan fingerprint density at radius 1 is 1.30 bits per heavy atom. The minimum absolute atomic E-state index is 0.854. The molecule has 6 heteroatoms. The molecule has 2 saturated heterocycles. The van der Waals surface area contributed by atoms with Crippen molar-refractivity contribution in [3.63, 3.8) is 0 Å². The van der Waals surface area contributed by atoms with Crippen LogP contribution in [0.5, 0.6) is 0 Å². The number of nitrogens with one attached hydrogen (secondary N) is 2. The van der Waals surface area contributed by atoms with E-state index < -0.39 is 0 Å². The van der Waals surface area contributed by atoms with Crippen molar-refractivity contribution in [3.8, 4) is 0 Å². The molecule has 3 heterocycles. The average molecular weight is 295 g/mol. The second kappa shape index (κ2) is 7.43. The standard InChI is InChI=1S/C14H25N5S/c1-2-7-19-8-3-4-12(13(19)5-1)10-15-6-9-20-14-16-11-17-18-14/h11-13,15H,1-10H2,(H,16,17,18)/t12-,13+/m0/s1. The number of rotatable bonds is 6. The Morgan fingerprint density at radius 2 is 2.25 bits per heavy atom. The van der Waals surface area contributed by atoms with Crippen LogP contribution in [0.15, 0.2) is 11.5 Å². The van der Waals surface area contributed by atoms with Crippen LogP contribution in [0.1, 0.15) is 32.1 Å². The van der Waals surface area contributed by atoms with Gasteiger partial charge in [-0.3, -0.25) is 5.10 Å². The van der Waals surface area contributed by atoms with Crippen LogP contribution < -0.4 is 5.32 Å². The molecule has 0 bridgehead atoms. The van der Waals surface area contributed by atoms with Crippen LogP contribution in [-0.4, -0.2) is 58.1 Å². The number of aromatic nitrogens is 3. The minimum Gasteiger partial charge on any atom is -0.316 e. The van der Waals surface area contributed by atoms with Crippen molar-refractivity contribution in [2.24, 2.45) is 5.92 Å². The predicted molar refractivity (Wildman–Crippen MR) is 81.9 cm³/mol. The summed E-state index contributed by atoms with van der Waals surface area (Å²) in [4.78, 5) is 6.86. The Kier molecular flexibility index (Phi) is 5.33. The highest BCUT2D eigenvalue weighted by Crippen LogP contribution is 2.30.